The highest BCUT2D eigenvalue weighted by Gasteiger charge is 2.37. The van der Waals surface area contributed by atoms with Crippen molar-refractivity contribution >= 4 is 15.9 Å². The average Bonchev–Trinajstić information content (AvgIpc) is 3.47. The topological polar surface area (TPSA) is 119 Å². The van der Waals surface area contributed by atoms with E-state index in [1.165, 1.54) is 9.10 Å². The molecular formula is C24H34N8O3S. The molecule has 0 spiro atoms. The first-order chi connectivity index (χ1) is 17.2. The Hall–Kier alpha value is -3.12. The van der Waals surface area contributed by atoms with Gasteiger partial charge in [0.1, 0.15) is 0 Å². The maximum Gasteiger partial charge on any atom is 0.304 e. The number of hydrogen-bond acceptors (Lipinski definition) is 8. The van der Waals surface area contributed by atoms with Crippen LogP contribution in [0.15, 0.2) is 36.7 Å². The minimum absolute atomic E-state index is 0.0997. The zero-order chi connectivity index (χ0) is 25.8. The second-order valence-electron chi connectivity index (χ2n) is 9.54. The Balaban J connectivity index is 1.26. The number of tetrazole rings is 1. The summed E-state index contributed by atoms with van der Waals surface area (Å²) >= 11 is 0. The standard InChI is InChI=1S/C24H34N8O3S/c1-5-20-17-21(9-12-25-20)31-15-14-30(36(31,33)34)13-10-24(3,4)11-16-35-22-8-7-19(18-26-22)23-27-29-32(6-2)28-23/h7-9,12,17-18H,5-6,10-11,13-16H2,1-4H3. The first-order valence-electron chi connectivity index (χ1n) is 12.3. The molecule has 0 saturated carbocycles. The second kappa shape index (κ2) is 10.9. The number of hydrogen-bond donors (Lipinski definition) is 0. The van der Waals surface area contributed by atoms with Gasteiger partial charge in [0.25, 0.3) is 0 Å². The normalized spacial score (nSPS) is 15.9. The van der Waals surface area contributed by atoms with Crippen molar-refractivity contribution in [3.8, 4) is 17.3 Å². The summed E-state index contributed by atoms with van der Waals surface area (Å²) in [5.41, 5.74) is 2.24. The fraction of sp³-hybridized carbons (Fsp3) is 0.542. The number of pyridine rings is 2. The van der Waals surface area contributed by atoms with Gasteiger partial charge < -0.3 is 4.74 Å². The van der Waals surface area contributed by atoms with Gasteiger partial charge in [0, 0.05) is 49.4 Å². The Morgan fingerprint density at radius 1 is 1.08 bits per heavy atom. The Labute approximate surface area is 212 Å². The van der Waals surface area contributed by atoms with Gasteiger partial charge in [-0.15, -0.1) is 10.2 Å². The lowest BCUT2D eigenvalue weighted by Gasteiger charge is -2.27. The summed E-state index contributed by atoms with van der Waals surface area (Å²) in [4.78, 5) is 10.1. The van der Waals surface area contributed by atoms with Crippen molar-refractivity contribution in [1.82, 2.24) is 34.5 Å². The van der Waals surface area contributed by atoms with E-state index in [4.69, 9.17) is 4.74 Å². The molecule has 1 aliphatic heterocycles. The van der Waals surface area contributed by atoms with Crippen LogP contribution in [0.25, 0.3) is 11.4 Å². The first-order valence-corrected chi connectivity index (χ1v) is 13.7. The van der Waals surface area contributed by atoms with Crippen molar-refractivity contribution in [2.45, 2.75) is 53.5 Å². The Morgan fingerprint density at radius 2 is 1.92 bits per heavy atom. The van der Waals surface area contributed by atoms with Crippen molar-refractivity contribution in [1.29, 1.82) is 0 Å². The van der Waals surface area contributed by atoms with E-state index in [0.717, 1.165) is 30.5 Å². The van der Waals surface area contributed by atoms with Gasteiger partial charge in [0.2, 0.25) is 11.7 Å². The summed E-state index contributed by atoms with van der Waals surface area (Å²) in [6.45, 7) is 10.8. The number of nitrogens with zero attached hydrogens (tertiary/aromatic N) is 8. The van der Waals surface area contributed by atoms with Crippen LogP contribution in [-0.2, 0) is 23.2 Å². The fourth-order valence-corrected chi connectivity index (χ4v) is 5.56. The fourth-order valence-electron chi connectivity index (χ4n) is 3.95. The quantitative estimate of drug-likeness (QED) is 0.383. The van der Waals surface area contributed by atoms with Crippen LogP contribution in [-0.4, -0.2) is 69.1 Å². The highest BCUT2D eigenvalue weighted by atomic mass is 32.2. The van der Waals surface area contributed by atoms with E-state index in [2.05, 4.69) is 39.2 Å². The zero-order valence-corrected chi connectivity index (χ0v) is 22.1. The van der Waals surface area contributed by atoms with E-state index < -0.39 is 10.2 Å². The predicted molar refractivity (Wildman–Crippen MR) is 137 cm³/mol. The van der Waals surface area contributed by atoms with Crippen LogP contribution in [0.1, 0.15) is 46.2 Å². The molecule has 0 atom stereocenters. The zero-order valence-electron chi connectivity index (χ0n) is 21.3. The van der Waals surface area contributed by atoms with Gasteiger partial charge in [-0.25, -0.2) is 4.98 Å². The molecule has 0 amide bonds. The first kappa shape index (κ1) is 26.0. The van der Waals surface area contributed by atoms with Crippen molar-refractivity contribution in [2.75, 3.05) is 30.5 Å². The van der Waals surface area contributed by atoms with Crippen LogP contribution in [0.4, 0.5) is 5.69 Å². The third-order valence-electron chi connectivity index (χ3n) is 6.40. The predicted octanol–water partition coefficient (Wildman–Crippen LogP) is 2.96. The van der Waals surface area contributed by atoms with Gasteiger partial charge in [-0.05, 0) is 55.0 Å². The lowest BCUT2D eigenvalue weighted by Crippen LogP contribution is -2.35. The Morgan fingerprint density at radius 3 is 2.61 bits per heavy atom. The summed E-state index contributed by atoms with van der Waals surface area (Å²) in [5.74, 6) is 1.06. The van der Waals surface area contributed by atoms with Crippen LogP contribution in [0.2, 0.25) is 0 Å². The number of anilines is 1. The molecule has 0 bridgehead atoms. The van der Waals surface area contributed by atoms with Gasteiger partial charge >= 0.3 is 10.2 Å². The van der Waals surface area contributed by atoms with Gasteiger partial charge in [-0.2, -0.15) is 17.5 Å². The molecule has 0 aromatic carbocycles. The van der Waals surface area contributed by atoms with Gasteiger partial charge in [0.15, 0.2) is 0 Å². The average molecular weight is 515 g/mol. The largest absolute Gasteiger partial charge is 0.478 e. The lowest BCUT2D eigenvalue weighted by atomic mass is 9.86. The van der Waals surface area contributed by atoms with E-state index in [1.54, 1.807) is 28.8 Å². The van der Waals surface area contributed by atoms with E-state index in [0.29, 0.717) is 50.2 Å². The summed E-state index contributed by atoms with van der Waals surface area (Å²) in [6.07, 6.45) is 5.61. The molecule has 4 rings (SSSR count). The molecule has 11 nitrogen and oxygen atoms in total. The lowest BCUT2D eigenvalue weighted by molar-refractivity contribution is 0.203. The van der Waals surface area contributed by atoms with E-state index in [-0.39, 0.29) is 5.41 Å². The molecule has 0 N–H and O–H groups in total. The molecular weight excluding hydrogens is 480 g/mol. The molecule has 36 heavy (non-hydrogen) atoms. The van der Waals surface area contributed by atoms with E-state index in [9.17, 15) is 8.42 Å². The molecule has 0 unspecified atom stereocenters. The number of aromatic nitrogens is 6. The van der Waals surface area contributed by atoms with Crippen molar-refractivity contribution in [3.05, 3.63) is 42.4 Å². The molecule has 194 valence electrons. The highest BCUT2D eigenvalue weighted by molar-refractivity contribution is 7.90. The van der Waals surface area contributed by atoms with Crippen LogP contribution < -0.4 is 9.04 Å². The molecule has 4 heterocycles. The third-order valence-corrected chi connectivity index (χ3v) is 8.37. The summed E-state index contributed by atoms with van der Waals surface area (Å²) in [6, 6.07) is 7.27. The molecule has 3 aromatic rings. The molecule has 1 saturated heterocycles. The maximum absolute atomic E-state index is 13.1. The minimum Gasteiger partial charge on any atom is -0.478 e. The molecule has 1 fully saturated rings. The van der Waals surface area contributed by atoms with Crippen LogP contribution in [0.3, 0.4) is 0 Å². The highest BCUT2D eigenvalue weighted by Crippen LogP contribution is 2.30. The van der Waals surface area contributed by atoms with Gasteiger partial charge in [0.05, 0.1) is 18.8 Å². The SMILES string of the molecule is CCc1cc(N2CCN(CCC(C)(C)CCOc3ccc(-c4nnn(CC)n4)cn3)S2(=O)=O)ccn1. The number of aryl methyl sites for hydroxylation is 2. The number of rotatable bonds is 11. The molecule has 0 radical (unpaired) electrons. The molecule has 0 aliphatic carbocycles. The van der Waals surface area contributed by atoms with Crippen molar-refractivity contribution in [2.24, 2.45) is 5.41 Å². The smallest absolute Gasteiger partial charge is 0.304 e. The van der Waals surface area contributed by atoms with E-state index in [1.807, 2.05) is 26.0 Å². The van der Waals surface area contributed by atoms with Gasteiger partial charge in [-0.3, -0.25) is 9.29 Å². The second-order valence-corrected chi connectivity index (χ2v) is 11.4. The van der Waals surface area contributed by atoms with Crippen LogP contribution >= 0.6 is 0 Å². The van der Waals surface area contributed by atoms with Gasteiger partial charge in [-0.1, -0.05) is 20.8 Å². The van der Waals surface area contributed by atoms with Crippen LogP contribution in [0, 0.1) is 5.41 Å². The molecule has 1 aliphatic rings. The Bertz CT molecular complexity index is 1260. The van der Waals surface area contributed by atoms with Crippen molar-refractivity contribution in [3.63, 3.8) is 0 Å². The maximum atomic E-state index is 13.1. The van der Waals surface area contributed by atoms with Crippen molar-refractivity contribution < 1.29 is 13.2 Å². The Kier molecular flexibility index (Phi) is 7.84. The summed E-state index contributed by atoms with van der Waals surface area (Å²) < 4.78 is 35.2. The summed E-state index contributed by atoms with van der Waals surface area (Å²) in [5, 5.41) is 12.3. The number of ether oxygens (including phenoxy) is 1. The van der Waals surface area contributed by atoms with Crippen LogP contribution in [0.5, 0.6) is 5.88 Å². The molecule has 3 aromatic heterocycles. The monoisotopic (exact) mass is 514 g/mol. The minimum atomic E-state index is -3.54. The third kappa shape index (κ3) is 5.98. The summed E-state index contributed by atoms with van der Waals surface area (Å²) in [7, 11) is -3.54. The van der Waals surface area contributed by atoms with E-state index >= 15 is 0 Å². The molecule has 12 heteroatoms.